The van der Waals surface area contributed by atoms with Crippen molar-refractivity contribution in [3.8, 4) is 0 Å². The molecule has 1 aromatic rings. The van der Waals surface area contributed by atoms with E-state index in [0.717, 1.165) is 19.5 Å². The van der Waals surface area contributed by atoms with Gasteiger partial charge < -0.3 is 10.6 Å². The number of aromatic nitrogens is 1. The van der Waals surface area contributed by atoms with E-state index in [-0.39, 0.29) is 5.54 Å². The molecule has 2 unspecified atom stereocenters. The number of nitrogens with two attached hydrogens (primary N) is 1. The highest BCUT2D eigenvalue weighted by molar-refractivity contribution is 5.10. The molecular formula is C14H24N4. The largest absolute Gasteiger partial charge is 0.329 e. The molecule has 100 valence electrons. The lowest BCUT2D eigenvalue weighted by molar-refractivity contribution is 0.126. The summed E-state index contributed by atoms with van der Waals surface area (Å²) in [4.78, 5) is 8.96. The van der Waals surface area contributed by atoms with Crippen LogP contribution in [0.1, 0.15) is 18.9 Å². The van der Waals surface area contributed by atoms with Crippen molar-refractivity contribution in [3.05, 3.63) is 30.1 Å². The number of hydrogen-bond donors (Lipinski definition) is 1. The van der Waals surface area contributed by atoms with Gasteiger partial charge in [-0.2, -0.15) is 0 Å². The van der Waals surface area contributed by atoms with Crippen LogP contribution in [0.15, 0.2) is 24.5 Å². The molecule has 0 radical (unpaired) electrons. The Kier molecular flexibility index (Phi) is 4.00. The quantitative estimate of drug-likeness (QED) is 0.861. The molecule has 18 heavy (non-hydrogen) atoms. The molecule has 0 bridgehead atoms. The molecule has 0 aliphatic carbocycles. The van der Waals surface area contributed by atoms with Gasteiger partial charge in [0.15, 0.2) is 0 Å². The van der Waals surface area contributed by atoms with Crippen LogP contribution in [0.25, 0.3) is 0 Å². The van der Waals surface area contributed by atoms with Crippen LogP contribution in [-0.4, -0.2) is 53.5 Å². The van der Waals surface area contributed by atoms with Gasteiger partial charge in [0.25, 0.3) is 0 Å². The van der Waals surface area contributed by atoms with Gasteiger partial charge in [-0.25, -0.2) is 0 Å². The fourth-order valence-electron chi connectivity index (χ4n) is 2.90. The second-order valence-corrected chi connectivity index (χ2v) is 5.61. The summed E-state index contributed by atoms with van der Waals surface area (Å²) in [6.07, 6.45) is 4.88. The average molecular weight is 248 g/mol. The van der Waals surface area contributed by atoms with E-state index < -0.39 is 0 Å². The van der Waals surface area contributed by atoms with E-state index in [4.69, 9.17) is 5.73 Å². The Balaban J connectivity index is 2.09. The normalized spacial score (nSPS) is 29.1. The number of hydrogen-bond acceptors (Lipinski definition) is 4. The molecule has 0 aromatic carbocycles. The van der Waals surface area contributed by atoms with Crippen LogP contribution in [0.5, 0.6) is 0 Å². The number of nitrogens with zero attached hydrogens (tertiary/aromatic N) is 3. The Labute approximate surface area is 110 Å². The first-order chi connectivity index (χ1) is 8.57. The lowest BCUT2D eigenvalue weighted by Gasteiger charge is -2.37. The van der Waals surface area contributed by atoms with E-state index in [1.165, 1.54) is 5.56 Å². The summed E-state index contributed by atoms with van der Waals surface area (Å²) < 4.78 is 0. The predicted molar refractivity (Wildman–Crippen MR) is 74.2 cm³/mol. The standard InChI is InChI=1S/C14H24N4/c1-12-7-14(10-15,11-17(12)2)18(3)9-13-5-4-6-16-8-13/h4-6,8,12H,7,9-11,15H2,1-3H3. The minimum atomic E-state index is 0.101. The third kappa shape index (κ3) is 2.55. The van der Waals surface area contributed by atoms with Crippen LogP contribution in [-0.2, 0) is 6.54 Å². The van der Waals surface area contributed by atoms with E-state index in [1.807, 2.05) is 18.5 Å². The van der Waals surface area contributed by atoms with Crippen LogP contribution < -0.4 is 5.73 Å². The third-order valence-corrected chi connectivity index (χ3v) is 4.30. The molecular weight excluding hydrogens is 224 g/mol. The number of rotatable bonds is 4. The molecule has 0 saturated carbocycles. The molecule has 1 aliphatic rings. The van der Waals surface area contributed by atoms with Gasteiger partial charge in [-0.05, 0) is 39.1 Å². The van der Waals surface area contributed by atoms with E-state index in [0.29, 0.717) is 12.6 Å². The molecule has 0 spiro atoms. The summed E-state index contributed by atoms with van der Waals surface area (Å²) in [5, 5.41) is 0. The van der Waals surface area contributed by atoms with Gasteiger partial charge in [-0.1, -0.05) is 6.07 Å². The maximum atomic E-state index is 6.06. The molecule has 4 nitrogen and oxygen atoms in total. The lowest BCUT2D eigenvalue weighted by atomic mass is 9.94. The van der Waals surface area contributed by atoms with Gasteiger partial charge >= 0.3 is 0 Å². The maximum absolute atomic E-state index is 6.06. The zero-order valence-corrected chi connectivity index (χ0v) is 11.6. The van der Waals surface area contributed by atoms with Crippen molar-refractivity contribution in [1.29, 1.82) is 0 Å². The second kappa shape index (κ2) is 5.34. The summed E-state index contributed by atoms with van der Waals surface area (Å²) in [5.41, 5.74) is 7.41. The van der Waals surface area contributed by atoms with Gasteiger partial charge in [0, 0.05) is 43.6 Å². The Morgan fingerprint density at radius 3 is 2.89 bits per heavy atom. The van der Waals surface area contributed by atoms with Crippen LogP contribution >= 0.6 is 0 Å². The van der Waals surface area contributed by atoms with E-state index in [9.17, 15) is 0 Å². The van der Waals surface area contributed by atoms with Crippen molar-refractivity contribution in [1.82, 2.24) is 14.8 Å². The van der Waals surface area contributed by atoms with Crippen molar-refractivity contribution in [2.24, 2.45) is 5.73 Å². The molecule has 4 heteroatoms. The Hall–Kier alpha value is -0.970. The minimum Gasteiger partial charge on any atom is -0.329 e. The molecule has 1 aliphatic heterocycles. The number of likely N-dealkylation sites (N-methyl/N-ethyl adjacent to an activating group) is 2. The van der Waals surface area contributed by atoms with Gasteiger partial charge in [0.2, 0.25) is 0 Å². The van der Waals surface area contributed by atoms with Crippen LogP contribution in [0.4, 0.5) is 0 Å². The molecule has 2 atom stereocenters. The van der Waals surface area contributed by atoms with Gasteiger partial charge in [0.1, 0.15) is 0 Å². The van der Waals surface area contributed by atoms with Crippen LogP contribution in [0, 0.1) is 0 Å². The summed E-state index contributed by atoms with van der Waals surface area (Å²) in [6, 6.07) is 4.71. The Bertz CT molecular complexity index is 369. The third-order valence-electron chi connectivity index (χ3n) is 4.30. The number of pyridine rings is 1. The highest BCUT2D eigenvalue weighted by atomic mass is 15.3. The molecule has 2 heterocycles. The molecule has 0 amide bonds. The number of likely N-dealkylation sites (tertiary alicyclic amines) is 1. The Morgan fingerprint density at radius 2 is 2.39 bits per heavy atom. The topological polar surface area (TPSA) is 45.4 Å². The van der Waals surface area contributed by atoms with Crippen LogP contribution in [0.2, 0.25) is 0 Å². The van der Waals surface area contributed by atoms with Gasteiger partial charge in [-0.15, -0.1) is 0 Å². The summed E-state index contributed by atoms with van der Waals surface area (Å²) in [5.74, 6) is 0. The summed E-state index contributed by atoms with van der Waals surface area (Å²) in [7, 11) is 4.35. The van der Waals surface area contributed by atoms with E-state index >= 15 is 0 Å². The lowest BCUT2D eigenvalue weighted by Crippen LogP contribution is -2.53. The molecule has 1 aromatic heterocycles. The van der Waals surface area contributed by atoms with Crippen molar-refractivity contribution in [2.75, 3.05) is 27.2 Å². The highest BCUT2D eigenvalue weighted by Gasteiger charge is 2.42. The Morgan fingerprint density at radius 1 is 1.61 bits per heavy atom. The first-order valence-corrected chi connectivity index (χ1v) is 6.58. The fraction of sp³-hybridized carbons (Fsp3) is 0.643. The molecule has 2 N–H and O–H groups in total. The van der Waals surface area contributed by atoms with Crippen molar-refractivity contribution < 1.29 is 0 Å². The predicted octanol–water partition coefficient (Wildman–Crippen LogP) is 0.935. The van der Waals surface area contributed by atoms with E-state index in [1.54, 1.807) is 0 Å². The van der Waals surface area contributed by atoms with Crippen molar-refractivity contribution in [3.63, 3.8) is 0 Å². The maximum Gasteiger partial charge on any atom is 0.0473 e. The average Bonchev–Trinajstić information content (AvgIpc) is 2.68. The highest BCUT2D eigenvalue weighted by Crippen LogP contribution is 2.30. The minimum absolute atomic E-state index is 0.101. The van der Waals surface area contributed by atoms with Crippen molar-refractivity contribution >= 4 is 0 Å². The fourth-order valence-corrected chi connectivity index (χ4v) is 2.90. The van der Waals surface area contributed by atoms with E-state index in [2.05, 4.69) is 41.9 Å². The first-order valence-electron chi connectivity index (χ1n) is 6.58. The first kappa shape index (κ1) is 13.5. The summed E-state index contributed by atoms with van der Waals surface area (Å²) in [6.45, 7) is 4.93. The zero-order chi connectivity index (χ0) is 13.2. The molecule has 1 fully saturated rings. The monoisotopic (exact) mass is 248 g/mol. The van der Waals surface area contributed by atoms with Gasteiger partial charge in [-0.3, -0.25) is 9.88 Å². The molecule has 2 rings (SSSR count). The molecule has 1 saturated heterocycles. The second-order valence-electron chi connectivity index (χ2n) is 5.61. The SMILES string of the molecule is CC1CC(CN)(N(C)Cc2cccnc2)CN1C. The van der Waals surface area contributed by atoms with Crippen molar-refractivity contribution in [2.45, 2.75) is 31.5 Å². The van der Waals surface area contributed by atoms with Gasteiger partial charge in [0.05, 0.1) is 0 Å². The van der Waals surface area contributed by atoms with Crippen LogP contribution in [0.3, 0.4) is 0 Å². The smallest absolute Gasteiger partial charge is 0.0473 e. The summed E-state index contributed by atoms with van der Waals surface area (Å²) >= 11 is 0. The zero-order valence-electron chi connectivity index (χ0n) is 11.6.